The normalized spacial score (nSPS) is 36.8. The molecule has 3 saturated carbocycles. The molecule has 0 heterocycles. The number of ether oxygens (including phenoxy) is 3. The first kappa shape index (κ1) is 29.2. The average molecular weight is 529 g/mol. The Morgan fingerprint density at radius 3 is 2.50 bits per heavy atom. The van der Waals surface area contributed by atoms with Gasteiger partial charge in [0.1, 0.15) is 6.10 Å². The predicted octanol–water partition coefficient (Wildman–Crippen LogP) is 8.63. The molecule has 0 aromatic heterocycles. The Labute approximate surface area is 231 Å². The van der Waals surface area contributed by atoms with Gasteiger partial charge in [-0.25, -0.2) is 9.59 Å². The highest BCUT2D eigenvalue weighted by atomic mass is 16.8. The second-order valence-corrected chi connectivity index (χ2v) is 14.0. The number of hydrogen-bond donors (Lipinski definition) is 0. The summed E-state index contributed by atoms with van der Waals surface area (Å²) in [4.78, 5) is 23.7. The van der Waals surface area contributed by atoms with E-state index in [4.69, 9.17) is 14.2 Å². The zero-order valence-corrected chi connectivity index (χ0v) is 24.9. The first-order valence-electron chi connectivity index (χ1n) is 15.3. The Morgan fingerprint density at radius 1 is 1.03 bits per heavy atom. The molecule has 4 aliphatic rings. The number of fused-ring (bicyclic) bond motifs is 5. The zero-order chi connectivity index (χ0) is 27.7. The minimum atomic E-state index is -0.768. The van der Waals surface area contributed by atoms with Crippen molar-refractivity contribution in [1.82, 2.24) is 0 Å². The van der Waals surface area contributed by atoms with Crippen molar-refractivity contribution < 1.29 is 23.8 Å². The molecule has 0 radical (unpaired) electrons. The van der Waals surface area contributed by atoms with Crippen LogP contribution in [0, 0.1) is 46.3 Å². The number of carbonyl (C=O) groups is 2. The van der Waals surface area contributed by atoms with Gasteiger partial charge in [-0.15, -0.1) is 0 Å². The van der Waals surface area contributed by atoms with Crippen LogP contribution in [0.4, 0.5) is 4.79 Å². The van der Waals surface area contributed by atoms with Crippen molar-refractivity contribution in [2.24, 2.45) is 46.3 Å². The molecule has 3 fully saturated rings. The van der Waals surface area contributed by atoms with Crippen LogP contribution < -0.4 is 0 Å². The van der Waals surface area contributed by atoms with E-state index in [1.807, 2.05) is 0 Å². The minimum Gasteiger partial charge on any atom is -0.431 e. The molecule has 0 aromatic carbocycles. The van der Waals surface area contributed by atoms with Crippen LogP contribution in [-0.2, 0) is 19.0 Å². The first-order chi connectivity index (χ1) is 18.0. The van der Waals surface area contributed by atoms with E-state index in [2.05, 4.69) is 47.3 Å². The van der Waals surface area contributed by atoms with Gasteiger partial charge < -0.3 is 14.2 Å². The van der Waals surface area contributed by atoms with Crippen molar-refractivity contribution in [3.8, 4) is 0 Å². The molecule has 0 spiro atoms. The molecule has 0 bridgehead atoms. The summed E-state index contributed by atoms with van der Waals surface area (Å²) in [5.74, 6) is 4.33. The van der Waals surface area contributed by atoms with E-state index in [-0.39, 0.29) is 17.1 Å². The predicted molar refractivity (Wildman–Crippen MR) is 150 cm³/mol. The summed E-state index contributed by atoms with van der Waals surface area (Å²) in [5.41, 5.74) is 2.46. The molecule has 0 aromatic rings. The number of allylic oxidation sites excluding steroid dienone is 1. The molecule has 4 aliphatic carbocycles. The molecule has 4 rings (SSSR count). The maximum absolute atomic E-state index is 12.2. The Hall–Kier alpha value is -1.78. The van der Waals surface area contributed by atoms with Crippen LogP contribution in [0.1, 0.15) is 112 Å². The second-order valence-electron chi connectivity index (χ2n) is 14.0. The summed E-state index contributed by atoms with van der Waals surface area (Å²) < 4.78 is 15.4. The fraction of sp³-hybridized carbons (Fsp3) is 0.818. The molecule has 0 saturated heterocycles. The SMILES string of the molecule is C=C(C)C(=O)OCOC(=O)O[C@H]1CC[C@@]2(C)C(=CCC3C4CCC(C(C)CCCC(C)C)[C@@]4(C)CCC32)C1. The molecule has 5 heteroatoms. The standard InChI is InChI=1S/C33H52O5/c1-21(2)9-8-10-23(5)27-13-14-28-26-12-11-24-19-25(38-31(35)37-20-36-30(34)22(3)4)15-17-32(24,6)29(26)16-18-33(27,28)7/h11,21,23,25-29H,3,8-10,12-20H2,1-2,4-7H3/t23?,25-,26?,27?,28?,29?,32-,33+/m0/s1. The van der Waals surface area contributed by atoms with Gasteiger partial charge in [0.05, 0.1) is 0 Å². The van der Waals surface area contributed by atoms with Gasteiger partial charge in [0.25, 0.3) is 0 Å². The highest BCUT2D eigenvalue weighted by Crippen LogP contribution is 2.67. The van der Waals surface area contributed by atoms with Crippen molar-refractivity contribution in [3.63, 3.8) is 0 Å². The molecule has 214 valence electrons. The quantitative estimate of drug-likeness (QED) is 0.130. The van der Waals surface area contributed by atoms with E-state index in [1.54, 1.807) is 6.92 Å². The first-order valence-corrected chi connectivity index (χ1v) is 15.3. The Kier molecular flexibility index (Phi) is 9.04. The minimum absolute atomic E-state index is 0.174. The van der Waals surface area contributed by atoms with Crippen molar-refractivity contribution in [2.45, 2.75) is 118 Å². The van der Waals surface area contributed by atoms with Crippen LogP contribution in [0.2, 0.25) is 0 Å². The highest BCUT2D eigenvalue weighted by Gasteiger charge is 2.59. The number of carbonyl (C=O) groups excluding carboxylic acids is 2. The molecular formula is C33H52O5. The van der Waals surface area contributed by atoms with Gasteiger partial charge >= 0.3 is 12.1 Å². The molecule has 0 aliphatic heterocycles. The van der Waals surface area contributed by atoms with E-state index < -0.39 is 18.9 Å². The smallest absolute Gasteiger partial charge is 0.431 e. The van der Waals surface area contributed by atoms with E-state index in [1.165, 1.54) is 56.9 Å². The van der Waals surface area contributed by atoms with Crippen molar-refractivity contribution >= 4 is 12.1 Å². The zero-order valence-electron chi connectivity index (χ0n) is 24.9. The third kappa shape index (κ3) is 5.87. The maximum atomic E-state index is 12.2. The fourth-order valence-electron chi connectivity index (χ4n) is 9.18. The lowest BCUT2D eigenvalue weighted by molar-refractivity contribution is -0.149. The number of hydrogen-bond acceptors (Lipinski definition) is 5. The Morgan fingerprint density at radius 2 is 1.79 bits per heavy atom. The lowest BCUT2D eigenvalue weighted by atomic mass is 9.47. The van der Waals surface area contributed by atoms with Crippen LogP contribution in [0.25, 0.3) is 0 Å². The van der Waals surface area contributed by atoms with E-state index in [0.29, 0.717) is 5.41 Å². The van der Waals surface area contributed by atoms with Crippen molar-refractivity contribution in [2.75, 3.05) is 6.79 Å². The molecule has 5 unspecified atom stereocenters. The monoisotopic (exact) mass is 528 g/mol. The van der Waals surface area contributed by atoms with Crippen molar-refractivity contribution in [1.29, 1.82) is 0 Å². The van der Waals surface area contributed by atoms with Gasteiger partial charge in [0.2, 0.25) is 6.79 Å². The fourth-order valence-corrected chi connectivity index (χ4v) is 9.18. The average Bonchev–Trinajstić information content (AvgIpc) is 3.21. The van der Waals surface area contributed by atoms with Crippen LogP contribution in [0.3, 0.4) is 0 Å². The van der Waals surface area contributed by atoms with E-state index >= 15 is 0 Å². The van der Waals surface area contributed by atoms with E-state index in [9.17, 15) is 9.59 Å². The van der Waals surface area contributed by atoms with Gasteiger partial charge in [-0.05, 0) is 98.2 Å². The third-order valence-corrected chi connectivity index (χ3v) is 11.2. The van der Waals surface area contributed by atoms with E-state index in [0.717, 1.165) is 54.8 Å². The lowest BCUT2D eigenvalue weighted by Crippen LogP contribution is -2.51. The van der Waals surface area contributed by atoms with Crippen LogP contribution in [-0.4, -0.2) is 25.0 Å². The summed E-state index contributed by atoms with van der Waals surface area (Å²) in [7, 11) is 0. The van der Waals surface area contributed by atoms with Gasteiger partial charge in [0.15, 0.2) is 0 Å². The van der Waals surface area contributed by atoms with Gasteiger partial charge in [0, 0.05) is 12.0 Å². The molecule has 38 heavy (non-hydrogen) atoms. The summed E-state index contributed by atoms with van der Waals surface area (Å²) in [6.07, 6.45) is 15.1. The Balaban J connectivity index is 1.35. The van der Waals surface area contributed by atoms with Gasteiger partial charge in [-0.2, -0.15) is 0 Å². The number of rotatable bonds is 9. The third-order valence-electron chi connectivity index (χ3n) is 11.2. The summed E-state index contributed by atoms with van der Waals surface area (Å²) in [5, 5.41) is 0. The second kappa shape index (κ2) is 11.8. The highest BCUT2D eigenvalue weighted by molar-refractivity contribution is 5.86. The van der Waals surface area contributed by atoms with Gasteiger partial charge in [-0.1, -0.05) is 72.1 Å². The lowest BCUT2D eigenvalue weighted by Gasteiger charge is -2.58. The van der Waals surface area contributed by atoms with Crippen LogP contribution in [0.15, 0.2) is 23.8 Å². The topological polar surface area (TPSA) is 61.8 Å². The van der Waals surface area contributed by atoms with Crippen LogP contribution >= 0.6 is 0 Å². The van der Waals surface area contributed by atoms with Crippen molar-refractivity contribution in [3.05, 3.63) is 23.8 Å². The van der Waals surface area contributed by atoms with Gasteiger partial charge in [-0.3, -0.25) is 0 Å². The summed E-state index contributed by atoms with van der Waals surface area (Å²) >= 11 is 0. The molecule has 0 N–H and O–H groups in total. The maximum Gasteiger partial charge on any atom is 0.511 e. The van der Waals surface area contributed by atoms with Crippen LogP contribution in [0.5, 0.6) is 0 Å². The molecule has 0 amide bonds. The summed E-state index contributed by atoms with van der Waals surface area (Å²) in [6, 6.07) is 0. The number of esters is 1. The molecular weight excluding hydrogens is 476 g/mol. The summed E-state index contributed by atoms with van der Waals surface area (Å²) in [6.45, 7) is 17.0. The molecule has 8 atom stereocenters. The Bertz CT molecular complexity index is 920. The largest absolute Gasteiger partial charge is 0.511 e. The molecule has 5 nitrogen and oxygen atoms in total.